The fraction of sp³-hybridized carbons (Fsp3) is 0.562. The Bertz CT molecular complexity index is 479. The molecule has 1 rings (SSSR count). The third-order valence-electron chi connectivity index (χ3n) is 3.35. The molecule has 1 aliphatic rings. The number of carbonyl (C=O) groups excluding carboxylic acids is 3. The molecule has 0 fully saturated rings. The third-order valence-corrected chi connectivity index (χ3v) is 3.35. The van der Waals surface area contributed by atoms with Crippen molar-refractivity contribution in [1.82, 2.24) is 0 Å². The first-order valence-corrected chi connectivity index (χ1v) is 7.12. The second-order valence-corrected chi connectivity index (χ2v) is 5.31. The summed E-state index contributed by atoms with van der Waals surface area (Å²) >= 11 is 0. The molecule has 0 saturated carbocycles. The van der Waals surface area contributed by atoms with Gasteiger partial charge in [0.2, 0.25) is 0 Å². The normalized spacial score (nSPS) is 21.6. The van der Waals surface area contributed by atoms with E-state index < -0.39 is 35.8 Å². The Morgan fingerprint density at radius 3 is 2.23 bits per heavy atom. The van der Waals surface area contributed by atoms with Crippen molar-refractivity contribution in [1.29, 1.82) is 0 Å². The fourth-order valence-electron chi connectivity index (χ4n) is 2.12. The molecule has 3 atom stereocenters. The Labute approximate surface area is 130 Å². The van der Waals surface area contributed by atoms with Crippen molar-refractivity contribution in [2.24, 2.45) is 11.8 Å². The summed E-state index contributed by atoms with van der Waals surface area (Å²) in [6, 6.07) is 0. The molecule has 0 radical (unpaired) electrons. The maximum Gasteiger partial charge on any atom is 0.333 e. The molecular formula is C16H22O6. The van der Waals surface area contributed by atoms with E-state index >= 15 is 0 Å². The van der Waals surface area contributed by atoms with Crippen LogP contribution in [-0.2, 0) is 28.6 Å². The molecule has 0 bridgehead atoms. The van der Waals surface area contributed by atoms with Crippen LogP contribution in [0.25, 0.3) is 0 Å². The third kappa shape index (κ3) is 5.02. The zero-order chi connectivity index (χ0) is 16.7. The largest absolute Gasteiger partial charge is 0.469 e. The second-order valence-electron chi connectivity index (χ2n) is 5.31. The molecule has 0 heterocycles. The SMILES string of the molecule is C=C(C)C(=O)OCC(C)OC(=O)C1CC=CCC1C(=O)OC. The van der Waals surface area contributed by atoms with Gasteiger partial charge in [0.1, 0.15) is 12.7 Å². The van der Waals surface area contributed by atoms with Crippen LogP contribution in [0.5, 0.6) is 0 Å². The van der Waals surface area contributed by atoms with Crippen LogP contribution in [0.1, 0.15) is 26.7 Å². The van der Waals surface area contributed by atoms with Crippen molar-refractivity contribution in [2.75, 3.05) is 13.7 Å². The van der Waals surface area contributed by atoms with Crippen molar-refractivity contribution < 1.29 is 28.6 Å². The molecular weight excluding hydrogens is 288 g/mol. The highest BCUT2D eigenvalue weighted by Crippen LogP contribution is 2.28. The zero-order valence-electron chi connectivity index (χ0n) is 13.2. The molecule has 22 heavy (non-hydrogen) atoms. The topological polar surface area (TPSA) is 78.9 Å². The maximum absolute atomic E-state index is 12.2. The van der Waals surface area contributed by atoms with Crippen LogP contribution in [0, 0.1) is 11.8 Å². The van der Waals surface area contributed by atoms with Gasteiger partial charge in [-0.05, 0) is 26.7 Å². The number of hydrogen-bond donors (Lipinski definition) is 0. The van der Waals surface area contributed by atoms with Crippen molar-refractivity contribution in [2.45, 2.75) is 32.8 Å². The van der Waals surface area contributed by atoms with Gasteiger partial charge >= 0.3 is 17.9 Å². The highest BCUT2D eigenvalue weighted by molar-refractivity contribution is 5.87. The standard InChI is InChI=1S/C16H22O6/c1-10(2)14(17)21-9-11(3)22-16(19)13-8-6-5-7-12(13)15(18)20-4/h5-6,11-13H,1,7-9H2,2-4H3. The van der Waals surface area contributed by atoms with Gasteiger partial charge in [-0.15, -0.1) is 0 Å². The van der Waals surface area contributed by atoms with Gasteiger partial charge in [0, 0.05) is 5.57 Å². The highest BCUT2D eigenvalue weighted by atomic mass is 16.6. The molecule has 122 valence electrons. The van der Waals surface area contributed by atoms with E-state index in [9.17, 15) is 14.4 Å². The molecule has 6 nitrogen and oxygen atoms in total. The number of rotatable bonds is 6. The number of allylic oxidation sites excluding steroid dienone is 2. The van der Waals surface area contributed by atoms with Crippen LogP contribution < -0.4 is 0 Å². The Morgan fingerprint density at radius 2 is 1.73 bits per heavy atom. The minimum Gasteiger partial charge on any atom is -0.469 e. The van der Waals surface area contributed by atoms with Gasteiger partial charge in [-0.3, -0.25) is 9.59 Å². The molecule has 0 aromatic rings. The van der Waals surface area contributed by atoms with Crippen LogP contribution in [0.2, 0.25) is 0 Å². The lowest BCUT2D eigenvalue weighted by molar-refractivity contribution is -0.166. The highest BCUT2D eigenvalue weighted by Gasteiger charge is 2.36. The van der Waals surface area contributed by atoms with Gasteiger partial charge in [0.15, 0.2) is 0 Å². The van der Waals surface area contributed by atoms with Crippen LogP contribution in [0.3, 0.4) is 0 Å². The molecule has 1 aliphatic carbocycles. The summed E-state index contributed by atoms with van der Waals surface area (Å²) in [7, 11) is 1.29. The van der Waals surface area contributed by atoms with E-state index in [-0.39, 0.29) is 12.2 Å². The van der Waals surface area contributed by atoms with Crippen LogP contribution in [0.4, 0.5) is 0 Å². The van der Waals surface area contributed by atoms with Crippen LogP contribution in [-0.4, -0.2) is 37.7 Å². The van der Waals surface area contributed by atoms with Crippen LogP contribution in [0.15, 0.2) is 24.3 Å². The summed E-state index contributed by atoms with van der Waals surface area (Å²) in [6.07, 6.45) is 3.98. The van der Waals surface area contributed by atoms with Gasteiger partial charge in [-0.2, -0.15) is 0 Å². The predicted molar refractivity (Wildman–Crippen MR) is 78.7 cm³/mol. The van der Waals surface area contributed by atoms with Crippen molar-refractivity contribution >= 4 is 17.9 Å². The van der Waals surface area contributed by atoms with Crippen LogP contribution >= 0.6 is 0 Å². The molecule has 0 N–H and O–H groups in total. The first-order valence-electron chi connectivity index (χ1n) is 7.12. The molecule has 0 amide bonds. The lowest BCUT2D eigenvalue weighted by Gasteiger charge is -2.26. The molecule has 0 saturated heterocycles. The summed E-state index contributed by atoms with van der Waals surface area (Å²) in [5, 5.41) is 0. The molecule has 6 heteroatoms. The minimum absolute atomic E-state index is 0.0527. The lowest BCUT2D eigenvalue weighted by atomic mass is 9.83. The second kappa shape index (κ2) is 8.36. The van der Waals surface area contributed by atoms with E-state index in [0.29, 0.717) is 12.8 Å². The number of methoxy groups -OCH3 is 1. The average Bonchev–Trinajstić information content (AvgIpc) is 2.51. The van der Waals surface area contributed by atoms with Gasteiger partial charge < -0.3 is 14.2 Å². The van der Waals surface area contributed by atoms with Crippen molar-refractivity contribution in [3.05, 3.63) is 24.3 Å². The lowest BCUT2D eigenvalue weighted by Crippen LogP contribution is -2.35. The maximum atomic E-state index is 12.2. The summed E-state index contributed by atoms with van der Waals surface area (Å²) in [6.45, 7) is 6.57. The summed E-state index contributed by atoms with van der Waals surface area (Å²) in [4.78, 5) is 35.2. The quantitative estimate of drug-likeness (QED) is 0.322. The van der Waals surface area contributed by atoms with E-state index in [1.807, 2.05) is 12.2 Å². The summed E-state index contributed by atoms with van der Waals surface area (Å²) < 4.78 is 14.9. The first kappa shape index (κ1) is 17.9. The predicted octanol–water partition coefficient (Wildman–Crippen LogP) is 1.79. The number of carbonyl (C=O) groups is 3. The smallest absolute Gasteiger partial charge is 0.333 e. The molecule has 3 unspecified atom stereocenters. The van der Waals surface area contributed by atoms with E-state index in [0.717, 1.165) is 0 Å². The minimum atomic E-state index is -0.597. The number of ether oxygens (including phenoxy) is 3. The number of hydrogen-bond acceptors (Lipinski definition) is 6. The van der Waals surface area contributed by atoms with Gasteiger partial charge in [0.25, 0.3) is 0 Å². The monoisotopic (exact) mass is 310 g/mol. The van der Waals surface area contributed by atoms with E-state index in [1.165, 1.54) is 14.0 Å². The van der Waals surface area contributed by atoms with Gasteiger partial charge in [-0.1, -0.05) is 18.7 Å². The number of esters is 3. The summed E-state index contributed by atoms with van der Waals surface area (Å²) in [5.74, 6) is -2.55. The van der Waals surface area contributed by atoms with E-state index in [2.05, 4.69) is 6.58 Å². The molecule has 0 aromatic heterocycles. The van der Waals surface area contributed by atoms with Crippen molar-refractivity contribution in [3.8, 4) is 0 Å². The van der Waals surface area contributed by atoms with E-state index in [4.69, 9.17) is 14.2 Å². The zero-order valence-corrected chi connectivity index (χ0v) is 13.2. The Balaban J connectivity index is 2.55. The first-order chi connectivity index (χ1) is 10.4. The fourth-order valence-corrected chi connectivity index (χ4v) is 2.12. The molecule has 0 aliphatic heterocycles. The van der Waals surface area contributed by atoms with Crippen molar-refractivity contribution in [3.63, 3.8) is 0 Å². The average molecular weight is 310 g/mol. The van der Waals surface area contributed by atoms with Gasteiger partial charge in [-0.25, -0.2) is 4.79 Å². The summed E-state index contributed by atoms with van der Waals surface area (Å²) in [5.41, 5.74) is 0.279. The Morgan fingerprint density at radius 1 is 1.18 bits per heavy atom. The Kier molecular flexibility index (Phi) is 6.82. The Hall–Kier alpha value is -2.11. The molecule has 0 aromatic carbocycles. The van der Waals surface area contributed by atoms with E-state index in [1.54, 1.807) is 6.92 Å². The molecule has 0 spiro atoms. The van der Waals surface area contributed by atoms with Gasteiger partial charge in [0.05, 0.1) is 18.9 Å².